The quantitative estimate of drug-likeness (QED) is 0.511. The van der Waals surface area contributed by atoms with E-state index in [0.29, 0.717) is 13.2 Å². The normalized spacial score (nSPS) is 25.9. The molecule has 0 aromatic rings. The molecule has 1 saturated heterocycles. The average molecular weight is 260 g/mol. The zero-order chi connectivity index (χ0) is 13.7. The summed E-state index contributed by atoms with van der Waals surface area (Å²) in [5.41, 5.74) is 0. The monoisotopic (exact) mass is 260 g/mol. The number of carbonyl (C=O) groups is 2. The summed E-state index contributed by atoms with van der Waals surface area (Å²) in [6.45, 7) is 2.63. The molecule has 104 valence electrons. The van der Waals surface area contributed by atoms with E-state index in [1.165, 1.54) is 12.0 Å². The van der Waals surface area contributed by atoms with E-state index in [1.54, 1.807) is 6.92 Å². The van der Waals surface area contributed by atoms with Crippen LogP contribution in [0.2, 0.25) is 0 Å². The first-order valence-corrected chi connectivity index (χ1v) is 5.90. The molecule has 0 saturated carbocycles. The maximum Gasteiger partial charge on any atom is 0.321 e. The fraction of sp³-hybridized carbons (Fsp3) is 0.818. The van der Waals surface area contributed by atoms with Crippen molar-refractivity contribution in [3.05, 3.63) is 0 Å². The van der Waals surface area contributed by atoms with Gasteiger partial charge in [-0.3, -0.25) is 14.5 Å². The molecule has 1 heterocycles. The number of hydrogen-bond acceptors (Lipinski definition) is 5. The first-order valence-electron chi connectivity index (χ1n) is 5.90. The minimum atomic E-state index is -1.01. The van der Waals surface area contributed by atoms with E-state index in [9.17, 15) is 14.7 Å². The van der Waals surface area contributed by atoms with Gasteiger partial charge in [0.05, 0.1) is 18.8 Å². The molecule has 18 heavy (non-hydrogen) atoms. The second kappa shape index (κ2) is 6.67. The number of likely N-dealkylation sites (tertiary alicyclic amines) is 1. The highest BCUT2D eigenvalue weighted by atomic mass is 16.5. The number of β-amino-alcohol motifs (C(OH)–C–C–N with tert-alkyl or cyclic N) is 1. The van der Waals surface area contributed by atoms with Gasteiger partial charge in [0, 0.05) is 26.6 Å². The molecule has 0 bridgehead atoms. The number of aliphatic hydroxyl groups is 1. The Morgan fingerprint density at radius 2 is 2.22 bits per heavy atom. The summed E-state index contributed by atoms with van der Waals surface area (Å²) < 4.78 is 4.81. The number of methoxy groups -OCH3 is 1. The summed E-state index contributed by atoms with van der Waals surface area (Å²) >= 11 is 0. The molecule has 3 unspecified atom stereocenters. The van der Waals surface area contributed by atoms with Crippen molar-refractivity contribution in [2.75, 3.05) is 26.8 Å². The summed E-state index contributed by atoms with van der Waals surface area (Å²) in [6, 6.07) is -1.39. The van der Waals surface area contributed by atoms with Gasteiger partial charge in [-0.05, 0) is 6.92 Å². The molecular weight excluding hydrogens is 240 g/mol. The van der Waals surface area contributed by atoms with Crippen LogP contribution in [0.3, 0.4) is 0 Å². The van der Waals surface area contributed by atoms with Gasteiger partial charge in [-0.2, -0.15) is 0 Å². The first-order chi connectivity index (χ1) is 8.47. The smallest absolute Gasteiger partial charge is 0.321 e. The lowest BCUT2D eigenvalue weighted by atomic mass is 10.2. The van der Waals surface area contributed by atoms with Crippen LogP contribution in [0.1, 0.15) is 13.3 Å². The topological polar surface area (TPSA) is 99.1 Å². The summed E-state index contributed by atoms with van der Waals surface area (Å²) in [5.74, 6) is -1.27. The standard InChI is InChI=1S/C11H20N2O5/c1-7(10(15)12-3-4-18-2)13-6-8(14)5-9(13)11(16)17/h7-9,14H,3-6H2,1-2H3,(H,12,15)(H,16,17). The molecule has 0 aromatic carbocycles. The van der Waals surface area contributed by atoms with E-state index in [-0.39, 0.29) is 18.9 Å². The van der Waals surface area contributed by atoms with Crippen LogP contribution >= 0.6 is 0 Å². The largest absolute Gasteiger partial charge is 0.480 e. The number of ether oxygens (including phenoxy) is 1. The Morgan fingerprint density at radius 3 is 2.78 bits per heavy atom. The van der Waals surface area contributed by atoms with Gasteiger partial charge in [0.25, 0.3) is 0 Å². The van der Waals surface area contributed by atoms with E-state index in [1.807, 2.05) is 0 Å². The molecule has 1 fully saturated rings. The van der Waals surface area contributed by atoms with Crippen molar-refractivity contribution in [1.82, 2.24) is 10.2 Å². The maximum absolute atomic E-state index is 11.8. The zero-order valence-electron chi connectivity index (χ0n) is 10.6. The summed E-state index contributed by atoms with van der Waals surface area (Å²) in [6.07, 6.45) is -0.536. The first kappa shape index (κ1) is 14.9. The van der Waals surface area contributed by atoms with Gasteiger partial charge in [0.15, 0.2) is 0 Å². The van der Waals surface area contributed by atoms with Crippen molar-refractivity contribution in [2.45, 2.75) is 31.5 Å². The second-order valence-electron chi connectivity index (χ2n) is 4.40. The van der Waals surface area contributed by atoms with Crippen LogP contribution < -0.4 is 5.32 Å². The third kappa shape index (κ3) is 3.66. The Morgan fingerprint density at radius 1 is 1.56 bits per heavy atom. The number of rotatable bonds is 6. The molecule has 7 heteroatoms. The number of carboxylic acids is 1. The number of aliphatic carboxylic acids is 1. The van der Waals surface area contributed by atoms with E-state index in [2.05, 4.69) is 5.32 Å². The molecule has 1 aliphatic rings. The number of carbonyl (C=O) groups excluding carboxylic acids is 1. The van der Waals surface area contributed by atoms with E-state index < -0.39 is 24.2 Å². The molecule has 0 radical (unpaired) electrons. The van der Waals surface area contributed by atoms with Crippen LogP contribution in [0.15, 0.2) is 0 Å². The molecular formula is C11H20N2O5. The Bertz CT molecular complexity index is 310. The fourth-order valence-electron chi connectivity index (χ4n) is 2.08. The van der Waals surface area contributed by atoms with Crippen molar-refractivity contribution < 1.29 is 24.5 Å². The van der Waals surface area contributed by atoms with E-state index in [0.717, 1.165) is 0 Å². The number of nitrogens with one attached hydrogen (secondary N) is 1. The fourth-order valence-corrected chi connectivity index (χ4v) is 2.08. The second-order valence-corrected chi connectivity index (χ2v) is 4.40. The zero-order valence-corrected chi connectivity index (χ0v) is 10.6. The minimum Gasteiger partial charge on any atom is -0.480 e. The van der Waals surface area contributed by atoms with Crippen molar-refractivity contribution in [3.63, 3.8) is 0 Å². The van der Waals surface area contributed by atoms with E-state index >= 15 is 0 Å². The molecule has 1 aliphatic heterocycles. The van der Waals surface area contributed by atoms with Crippen LogP contribution in [0, 0.1) is 0 Å². The number of hydrogen-bond donors (Lipinski definition) is 3. The maximum atomic E-state index is 11.8. The van der Waals surface area contributed by atoms with Crippen molar-refractivity contribution in [1.29, 1.82) is 0 Å². The Labute approximate surface area is 106 Å². The molecule has 7 nitrogen and oxygen atoms in total. The Balaban J connectivity index is 2.56. The number of aliphatic hydroxyl groups excluding tert-OH is 1. The van der Waals surface area contributed by atoms with Gasteiger partial charge in [0.1, 0.15) is 6.04 Å². The minimum absolute atomic E-state index is 0.158. The van der Waals surface area contributed by atoms with Gasteiger partial charge < -0.3 is 20.3 Å². The van der Waals surface area contributed by atoms with Crippen molar-refractivity contribution in [3.8, 4) is 0 Å². The number of amides is 1. The highest BCUT2D eigenvalue weighted by molar-refractivity contribution is 5.83. The summed E-state index contributed by atoms with van der Waals surface area (Å²) in [5, 5.41) is 21.2. The van der Waals surface area contributed by atoms with Crippen LogP contribution in [-0.2, 0) is 14.3 Å². The third-order valence-electron chi connectivity index (χ3n) is 3.08. The summed E-state index contributed by atoms with van der Waals surface area (Å²) in [7, 11) is 1.53. The molecule has 3 atom stereocenters. The van der Waals surface area contributed by atoms with Gasteiger partial charge >= 0.3 is 5.97 Å². The number of carboxylic acid groups (broad SMARTS) is 1. The highest BCUT2D eigenvalue weighted by Crippen LogP contribution is 2.20. The molecule has 0 spiro atoms. The predicted molar refractivity (Wildman–Crippen MR) is 63.1 cm³/mol. The van der Waals surface area contributed by atoms with E-state index in [4.69, 9.17) is 9.84 Å². The van der Waals surface area contributed by atoms with Crippen molar-refractivity contribution >= 4 is 11.9 Å². The predicted octanol–water partition coefficient (Wildman–Crippen LogP) is -1.34. The third-order valence-corrected chi connectivity index (χ3v) is 3.08. The Hall–Kier alpha value is -1.18. The summed E-state index contributed by atoms with van der Waals surface area (Å²) in [4.78, 5) is 24.3. The molecule has 0 aliphatic carbocycles. The lowest BCUT2D eigenvalue weighted by molar-refractivity contribution is -0.143. The lowest BCUT2D eigenvalue weighted by Gasteiger charge is -2.26. The number of nitrogens with zero attached hydrogens (tertiary/aromatic N) is 1. The lowest BCUT2D eigenvalue weighted by Crippen LogP contribution is -2.50. The average Bonchev–Trinajstić information content (AvgIpc) is 2.70. The van der Waals surface area contributed by atoms with Crippen LogP contribution in [0.25, 0.3) is 0 Å². The van der Waals surface area contributed by atoms with Crippen LogP contribution in [-0.4, -0.2) is 72.0 Å². The molecule has 1 amide bonds. The Kier molecular flexibility index (Phi) is 5.52. The van der Waals surface area contributed by atoms with Gasteiger partial charge in [-0.25, -0.2) is 0 Å². The van der Waals surface area contributed by atoms with Gasteiger partial charge in [-0.15, -0.1) is 0 Å². The molecule has 1 rings (SSSR count). The molecule has 0 aromatic heterocycles. The van der Waals surface area contributed by atoms with Gasteiger partial charge in [-0.1, -0.05) is 0 Å². The SMILES string of the molecule is COCCNC(=O)C(C)N1CC(O)CC1C(=O)O. The van der Waals surface area contributed by atoms with Crippen LogP contribution in [0.4, 0.5) is 0 Å². The van der Waals surface area contributed by atoms with Crippen LogP contribution in [0.5, 0.6) is 0 Å². The molecule has 3 N–H and O–H groups in total. The highest BCUT2D eigenvalue weighted by Gasteiger charge is 2.40. The van der Waals surface area contributed by atoms with Crippen molar-refractivity contribution in [2.24, 2.45) is 0 Å². The van der Waals surface area contributed by atoms with Gasteiger partial charge in [0.2, 0.25) is 5.91 Å².